The molecule has 1 amide bonds. The Morgan fingerprint density at radius 1 is 1.37 bits per heavy atom. The van der Waals surface area contributed by atoms with Gasteiger partial charge in [0, 0.05) is 0 Å². The zero-order chi connectivity index (χ0) is 14.8. The number of amides is 1. The van der Waals surface area contributed by atoms with E-state index in [0.717, 1.165) is 12.1 Å². The number of carboxylic acid groups (broad SMARTS) is 1. The molecule has 0 bridgehead atoms. The van der Waals surface area contributed by atoms with Gasteiger partial charge in [-0.05, 0) is 23.6 Å². The third-order valence-electron chi connectivity index (χ3n) is 2.69. The molecule has 1 atom stereocenters. The minimum Gasteiger partial charge on any atom is -0.478 e. The minimum atomic E-state index is -1.32. The number of carboxylic acids is 1. The smallest absolute Gasteiger partial charge is 0.337 e. The van der Waals surface area contributed by atoms with E-state index in [0.29, 0.717) is 0 Å². The van der Waals surface area contributed by atoms with Crippen LogP contribution in [-0.4, -0.2) is 23.0 Å². The van der Waals surface area contributed by atoms with Crippen molar-refractivity contribution in [3.63, 3.8) is 0 Å². The lowest BCUT2D eigenvalue weighted by atomic mass is 9.87. The lowest BCUT2D eigenvalue weighted by Crippen LogP contribution is -2.45. The summed E-state index contributed by atoms with van der Waals surface area (Å²) in [5.74, 6) is -2.52. The van der Waals surface area contributed by atoms with E-state index < -0.39 is 29.2 Å². The number of anilines is 1. The normalized spacial score (nSPS) is 12.9. The SMILES string of the molecule is CC(C)(C)C(N)C(=O)Nc1ccc(F)cc1C(=O)O. The monoisotopic (exact) mass is 268 g/mol. The molecule has 0 saturated heterocycles. The number of carbonyl (C=O) groups is 2. The van der Waals surface area contributed by atoms with Crippen LogP contribution in [0.2, 0.25) is 0 Å². The van der Waals surface area contributed by atoms with Crippen molar-refractivity contribution in [2.45, 2.75) is 26.8 Å². The first-order valence-electron chi connectivity index (χ1n) is 5.72. The second-order valence-electron chi connectivity index (χ2n) is 5.33. The molecule has 0 spiro atoms. The first-order valence-corrected chi connectivity index (χ1v) is 5.72. The maximum Gasteiger partial charge on any atom is 0.337 e. The Hall–Kier alpha value is -1.95. The first-order chi connectivity index (χ1) is 8.62. The molecule has 1 aromatic rings. The Bertz CT molecular complexity index is 509. The third-order valence-corrected chi connectivity index (χ3v) is 2.69. The zero-order valence-corrected chi connectivity index (χ0v) is 11.0. The number of benzene rings is 1. The molecular weight excluding hydrogens is 251 g/mol. The lowest BCUT2D eigenvalue weighted by molar-refractivity contribution is -0.119. The topological polar surface area (TPSA) is 92.4 Å². The summed E-state index contributed by atoms with van der Waals surface area (Å²) >= 11 is 0. The van der Waals surface area contributed by atoms with Gasteiger partial charge in [0.25, 0.3) is 0 Å². The van der Waals surface area contributed by atoms with Crippen molar-refractivity contribution < 1.29 is 19.1 Å². The van der Waals surface area contributed by atoms with Crippen LogP contribution in [0.3, 0.4) is 0 Å². The largest absolute Gasteiger partial charge is 0.478 e. The molecule has 0 heterocycles. The summed E-state index contributed by atoms with van der Waals surface area (Å²) < 4.78 is 13.0. The summed E-state index contributed by atoms with van der Waals surface area (Å²) in [6.07, 6.45) is 0. The molecule has 0 saturated carbocycles. The maximum absolute atomic E-state index is 13.0. The molecule has 0 aliphatic rings. The number of halogens is 1. The first kappa shape index (κ1) is 15.1. The average Bonchev–Trinajstić information content (AvgIpc) is 2.28. The molecule has 5 nitrogen and oxygen atoms in total. The van der Waals surface area contributed by atoms with Crippen molar-refractivity contribution in [2.75, 3.05) is 5.32 Å². The van der Waals surface area contributed by atoms with Crippen molar-refractivity contribution in [1.82, 2.24) is 0 Å². The Labute approximate surface area is 110 Å². The molecular formula is C13H17FN2O3. The van der Waals surface area contributed by atoms with Gasteiger partial charge < -0.3 is 16.2 Å². The highest BCUT2D eigenvalue weighted by atomic mass is 19.1. The van der Waals surface area contributed by atoms with E-state index in [4.69, 9.17) is 10.8 Å². The van der Waals surface area contributed by atoms with Gasteiger partial charge in [0.1, 0.15) is 5.82 Å². The van der Waals surface area contributed by atoms with Crippen LogP contribution >= 0.6 is 0 Å². The van der Waals surface area contributed by atoms with Crippen LogP contribution in [0.15, 0.2) is 18.2 Å². The lowest BCUT2D eigenvalue weighted by Gasteiger charge is -2.26. The predicted molar refractivity (Wildman–Crippen MR) is 69.4 cm³/mol. The van der Waals surface area contributed by atoms with Crippen LogP contribution < -0.4 is 11.1 Å². The van der Waals surface area contributed by atoms with E-state index in [1.54, 1.807) is 20.8 Å². The van der Waals surface area contributed by atoms with Crippen LogP contribution in [0.25, 0.3) is 0 Å². The Kier molecular flexibility index (Phi) is 4.26. The molecule has 19 heavy (non-hydrogen) atoms. The van der Waals surface area contributed by atoms with Crippen LogP contribution in [-0.2, 0) is 4.79 Å². The number of nitrogens with one attached hydrogen (secondary N) is 1. The van der Waals surface area contributed by atoms with Gasteiger partial charge in [0.2, 0.25) is 5.91 Å². The highest BCUT2D eigenvalue weighted by molar-refractivity contribution is 6.02. The number of hydrogen-bond acceptors (Lipinski definition) is 3. The zero-order valence-electron chi connectivity index (χ0n) is 11.0. The molecule has 1 aromatic carbocycles. The summed E-state index contributed by atoms with van der Waals surface area (Å²) in [6, 6.07) is 2.32. The Morgan fingerprint density at radius 2 is 1.95 bits per heavy atom. The molecule has 1 unspecified atom stereocenters. The van der Waals surface area contributed by atoms with Gasteiger partial charge in [-0.2, -0.15) is 0 Å². The summed E-state index contributed by atoms with van der Waals surface area (Å²) in [4.78, 5) is 22.9. The third kappa shape index (κ3) is 3.75. The van der Waals surface area contributed by atoms with Crippen molar-refractivity contribution in [2.24, 2.45) is 11.1 Å². The fraction of sp³-hybridized carbons (Fsp3) is 0.385. The quantitative estimate of drug-likeness (QED) is 0.779. The molecule has 0 fully saturated rings. The molecule has 0 aliphatic carbocycles. The van der Waals surface area contributed by atoms with E-state index in [2.05, 4.69) is 5.32 Å². The number of aromatic carboxylic acids is 1. The van der Waals surface area contributed by atoms with Crippen LogP contribution in [0.5, 0.6) is 0 Å². The van der Waals surface area contributed by atoms with E-state index in [1.807, 2.05) is 0 Å². The number of rotatable bonds is 3. The second-order valence-corrected chi connectivity index (χ2v) is 5.33. The molecule has 1 rings (SSSR count). The Balaban J connectivity index is 3.00. The fourth-order valence-electron chi connectivity index (χ4n) is 1.41. The van der Waals surface area contributed by atoms with Gasteiger partial charge in [-0.1, -0.05) is 20.8 Å². The second kappa shape index (κ2) is 5.36. The van der Waals surface area contributed by atoms with Crippen LogP contribution in [0.4, 0.5) is 10.1 Å². The van der Waals surface area contributed by atoms with Crippen molar-refractivity contribution in [3.05, 3.63) is 29.6 Å². The van der Waals surface area contributed by atoms with Crippen LogP contribution in [0.1, 0.15) is 31.1 Å². The van der Waals surface area contributed by atoms with Gasteiger partial charge in [0.15, 0.2) is 0 Å². The standard InChI is InChI=1S/C13H17FN2O3/c1-13(2,3)10(15)11(17)16-9-5-4-7(14)6-8(9)12(18)19/h4-6,10H,15H2,1-3H3,(H,16,17)(H,18,19). The number of hydrogen-bond donors (Lipinski definition) is 3. The van der Waals surface area contributed by atoms with E-state index >= 15 is 0 Å². The van der Waals surface area contributed by atoms with E-state index in [1.165, 1.54) is 6.07 Å². The average molecular weight is 268 g/mol. The van der Waals surface area contributed by atoms with Gasteiger partial charge in [-0.15, -0.1) is 0 Å². The van der Waals surface area contributed by atoms with Gasteiger partial charge in [0.05, 0.1) is 17.3 Å². The van der Waals surface area contributed by atoms with E-state index in [-0.39, 0.29) is 11.3 Å². The summed E-state index contributed by atoms with van der Waals surface area (Å²) in [6.45, 7) is 5.38. The highest BCUT2D eigenvalue weighted by Gasteiger charge is 2.28. The molecule has 6 heteroatoms. The Morgan fingerprint density at radius 3 is 2.42 bits per heavy atom. The van der Waals surface area contributed by atoms with Crippen LogP contribution in [0, 0.1) is 11.2 Å². The van der Waals surface area contributed by atoms with Gasteiger partial charge >= 0.3 is 5.97 Å². The molecule has 4 N–H and O–H groups in total. The fourth-order valence-corrected chi connectivity index (χ4v) is 1.41. The highest BCUT2D eigenvalue weighted by Crippen LogP contribution is 2.21. The summed E-state index contributed by atoms with van der Waals surface area (Å²) in [7, 11) is 0. The summed E-state index contributed by atoms with van der Waals surface area (Å²) in [5, 5.41) is 11.4. The van der Waals surface area contributed by atoms with Gasteiger partial charge in [-0.3, -0.25) is 4.79 Å². The minimum absolute atomic E-state index is 0.0265. The maximum atomic E-state index is 13.0. The van der Waals surface area contributed by atoms with Crippen molar-refractivity contribution in [3.8, 4) is 0 Å². The predicted octanol–water partition coefficient (Wildman–Crippen LogP) is 1.84. The molecule has 0 aromatic heterocycles. The molecule has 0 aliphatic heterocycles. The molecule has 0 radical (unpaired) electrons. The van der Waals surface area contributed by atoms with Crippen molar-refractivity contribution in [1.29, 1.82) is 0 Å². The van der Waals surface area contributed by atoms with Gasteiger partial charge in [-0.25, -0.2) is 9.18 Å². The van der Waals surface area contributed by atoms with Crippen molar-refractivity contribution >= 4 is 17.6 Å². The summed E-state index contributed by atoms with van der Waals surface area (Å²) in [5.41, 5.74) is 5.02. The number of carbonyl (C=O) groups excluding carboxylic acids is 1. The molecule has 104 valence electrons. The van der Waals surface area contributed by atoms with E-state index in [9.17, 15) is 14.0 Å². The number of nitrogens with two attached hydrogens (primary N) is 1.